The first-order chi connectivity index (χ1) is 14.5. The van der Waals surface area contributed by atoms with Crippen molar-refractivity contribution in [2.24, 2.45) is 0 Å². The Hall–Kier alpha value is -3.14. The summed E-state index contributed by atoms with van der Waals surface area (Å²) < 4.78 is 30.6. The predicted octanol–water partition coefficient (Wildman–Crippen LogP) is 2.05. The zero-order chi connectivity index (χ0) is 20.8. The van der Waals surface area contributed by atoms with Gasteiger partial charge in [0.25, 0.3) is 0 Å². The Morgan fingerprint density at radius 2 is 2.07 bits per heavy atom. The Balaban J connectivity index is 1.36. The zero-order valence-electron chi connectivity index (χ0n) is 16.2. The van der Waals surface area contributed by atoms with Crippen LogP contribution in [0, 0.1) is 0 Å². The van der Waals surface area contributed by atoms with E-state index in [1.807, 2.05) is 6.07 Å². The summed E-state index contributed by atoms with van der Waals surface area (Å²) >= 11 is 0. The van der Waals surface area contributed by atoms with Gasteiger partial charge in [0.2, 0.25) is 5.95 Å². The molecule has 2 aliphatic rings. The first-order valence-corrected chi connectivity index (χ1v) is 9.79. The van der Waals surface area contributed by atoms with E-state index in [2.05, 4.69) is 25.5 Å². The number of alkyl halides is 2. The van der Waals surface area contributed by atoms with Gasteiger partial charge in [-0.05, 0) is 25.0 Å². The highest BCUT2D eigenvalue weighted by atomic mass is 19.1. The number of hydrogen-bond acceptors (Lipinski definition) is 7. The molecule has 0 amide bonds. The molecule has 3 aromatic rings. The molecule has 8 nitrogen and oxygen atoms in total. The molecule has 2 unspecified atom stereocenters. The van der Waals surface area contributed by atoms with Crippen LogP contribution in [0.4, 0.5) is 14.7 Å². The second-order valence-corrected chi connectivity index (χ2v) is 7.80. The van der Waals surface area contributed by atoms with Crippen molar-refractivity contribution < 1.29 is 13.9 Å². The number of phenolic OH excluding ortho intramolecular Hbond substituents is 1. The molecule has 2 aromatic heterocycles. The Kier molecular flexibility index (Phi) is 4.58. The SMILES string of the molecule is CN(c1ncc(-c2ccc(-n3ccnc3)cc2O)nn1)[C@@H]1CC2NC(C[C@@H]2F)[C@H]1F. The second-order valence-electron chi connectivity index (χ2n) is 7.80. The third kappa shape index (κ3) is 3.17. The molecule has 2 saturated heterocycles. The number of piperidine rings is 1. The van der Waals surface area contributed by atoms with Gasteiger partial charge in [-0.1, -0.05) is 0 Å². The fourth-order valence-corrected chi connectivity index (χ4v) is 4.33. The van der Waals surface area contributed by atoms with Crippen molar-refractivity contribution >= 4 is 5.95 Å². The summed E-state index contributed by atoms with van der Waals surface area (Å²) in [6.07, 6.45) is 4.86. The van der Waals surface area contributed by atoms with Crippen molar-refractivity contribution in [1.29, 1.82) is 0 Å². The minimum atomic E-state index is -1.21. The Bertz CT molecular complexity index is 1030. The average molecular weight is 413 g/mol. The van der Waals surface area contributed by atoms with E-state index in [4.69, 9.17) is 0 Å². The number of benzene rings is 1. The number of aromatic nitrogens is 5. The Labute approximate surface area is 171 Å². The topological polar surface area (TPSA) is 92.0 Å². The molecule has 5 rings (SSSR count). The number of nitrogens with one attached hydrogen (secondary N) is 1. The van der Waals surface area contributed by atoms with Crippen molar-refractivity contribution in [3.05, 3.63) is 43.1 Å². The smallest absolute Gasteiger partial charge is 0.245 e. The number of anilines is 1. The highest BCUT2D eigenvalue weighted by Crippen LogP contribution is 2.35. The largest absolute Gasteiger partial charge is 0.507 e. The molecule has 30 heavy (non-hydrogen) atoms. The van der Waals surface area contributed by atoms with Crippen LogP contribution in [0.25, 0.3) is 16.9 Å². The van der Waals surface area contributed by atoms with Crippen LogP contribution in [0.15, 0.2) is 43.1 Å². The summed E-state index contributed by atoms with van der Waals surface area (Å²) in [5, 5.41) is 21.7. The van der Waals surface area contributed by atoms with Gasteiger partial charge >= 0.3 is 0 Å². The fraction of sp³-hybridized carbons (Fsp3) is 0.400. The fourth-order valence-electron chi connectivity index (χ4n) is 4.33. The number of aromatic hydroxyl groups is 1. The first-order valence-electron chi connectivity index (χ1n) is 9.79. The van der Waals surface area contributed by atoms with Crippen LogP contribution < -0.4 is 10.2 Å². The van der Waals surface area contributed by atoms with Gasteiger partial charge in [0.15, 0.2) is 0 Å². The van der Waals surface area contributed by atoms with Gasteiger partial charge in [-0.15, -0.1) is 10.2 Å². The maximum Gasteiger partial charge on any atom is 0.245 e. The van der Waals surface area contributed by atoms with E-state index in [-0.39, 0.29) is 24.2 Å². The lowest BCUT2D eigenvalue weighted by atomic mass is 9.96. The molecule has 10 heteroatoms. The number of rotatable bonds is 4. The van der Waals surface area contributed by atoms with Gasteiger partial charge in [0.1, 0.15) is 23.8 Å². The maximum absolute atomic E-state index is 14.8. The number of phenols is 1. The van der Waals surface area contributed by atoms with Crippen LogP contribution in [0.1, 0.15) is 12.8 Å². The molecular formula is C20H21F2N7O. The zero-order valence-corrected chi connectivity index (χ0v) is 16.2. The molecule has 2 aliphatic heterocycles. The number of nitrogens with zero attached hydrogens (tertiary/aromatic N) is 6. The maximum atomic E-state index is 14.8. The highest BCUT2D eigenvalue weighted by Gasteiger charge is 2.49. The van der Waals surface area contributed by atoms with Crippen molar-refractivity contribution in [1.82, 2.24) is 30.0 Å². The van der Waals surface area contributed by atoms with Crippen molar-refractivity contribution in [3.8, 4) is 22.7 Å². The van der Waals surface area contributed by atoms with E-state index < -0.39 is 24.4 Å². The predicted molar refractivity (Wildman–Crippen MR) is 106 cm³/mol. The van der Waals surface area contributed by atoms with Crippen LogP contribution in [-0.2, 0) is 0 Å². The van der Waals surface area contributed by atoms with Crippen molar-refractivity contribution in [2.45, 2.75) is 43.3 Å². The lowest BCUT2D eigenvalue weighted by Crippen LogP contribution is -2.56. The number of fused-ring (bicyclic) bond motifs is 2. The monoisotopic (exact) mass is 413 g/mol. The molecule has 1 aromatic carbocycles. The molecule has 2 fully saturated rings. The Morgan fingerprint density at radius 1 is 1.20 bits per heavy atom. The van der Waals surface area contributed by atoms with Crippen LogP contribution in [0.2, 0.25) is 0 Å². The molecule has 5 atom stereocenters. The van der Waals surface area contributed by atoms with Crippen LogP contribution in [-0.4, -0.2) is 67.4 Å². The number of imidazole rings is 1. The first kappa shape index (κ1) is 18.9. The lowest BCUT2D eigenvalue weighted by Gasteiger charge is -2.37. The molecule has 2 bridgehead atoms. The summed E-state index contributed by atoms with van der Waals surface area (Å²) in [6.45, 7) is 0. The summed E-state index contributed by atoms with van der Waals surface area (Å²) in [5.74, 6) is 0.295. The van der Waals surface area contributed by atoms with Gasteiger partial charge in [-0.3, -0.25) is 0 Å². The molecule has 0 radical (unpaired) electrons. The summed E-state index contributed by atoms with van der Waals surface area (Å²) in [5.41, 5.74) is 1.64. The lowest BCUT2D eigenvalue weighted by molar-refractivity contribution is 0.171. The molecule has 4 heterocycles. The number of hydrogen-bond donors (Lipinski definition) is 2. The van der Waals surface area contributed by atoms with Crippen LogP contribution in [0.3, 0.4) is 0 Å². The van der Waals surface area contributed by atoms with Gasteiger partial charge in [0.05, 0.1) is 24.3 Å². The minimum Gasteiger partial charge on any atom is -0.507 e. The van der Waals surface area contributed by atoms with E-state index in [0.29, 0.717) is 17.7 Å². The van der Waals surface area contributed by atoms with Crippen LogP contribution >= 0.6 is 0 Å². The molecule has 0 aliphatic carbocycles. The standard InChI is InChI=1S/C20H21F2N7O/c1-28(17-8-14-13(21)7-15(25-14)19(17)22)20-24-9-16(26-27-20)12-3-2-11(6-18(12)30)29-5-4-23-10-29/h2-6,9-10,13-15,17,19,25,30H,7-8H2,1H3/t13-,14?,15?,17+,19+/m0/s1. The molecule has 2 N–H and O–H groups in total. The van der Waals surface area contributed by atoms with E-state index in [0.717, 1.165) is 5.69 Å². The van der Waals surface area contributed by atoms with Gasteiger partial charge < -0.3 is 19.9 Å². The van der Waals surface area contributed by atoms with Crippen LogP contribution in [0.5, 0.6) is 5.75 Å². The summed E-state index contributed by atoms with van der Waals surface area (Å²) in [7, 11) is 1.70. The van der Waals surface area contributed by atoms with E-state index in [9.17, 15) is 13.9 Å². The van der Waals surface area contributed by atoms with Gasteiger partial charge in [0, 0.05) is 43.2 Å². The second kappa shape index (κ2) is 7.28. The van der Waals surface area contributed by atoms with Crippen molar-refractivity contribution in [2.75, 3.05) is 11.9 Å². The number of halogens is 2. The highest BCUT2D eigenvalue weighted by molar-refractivity contribution is 5.68. The third-order valence-corrected chi connectivity index (χ3v) is 6.01. The minimum absolute atomic E-state index is 0.0335. The molecule has 0 spiro atoms. The average Bonchev–Trinajstić information content (AvgIpc) is 3.39. The molecule has 0 saturated carbocycles. The van der Waals surface area contributed by atoms with E-state index in [1.54, 1.807) is 47.4 Å². The Morgan fingerprint density at radius 3 is 2.77 bits per heavy atom. The van der Waals surface area contributed by atoms with E-state index >= 15 is 0 Å². The van der Waals surface area contributed by atoms with E-state index in [1.165, 1.54) is 6.20 Å². The molecular weight excluding hydrogens is 392 g/mol. The normalized spacial score (nSPS) is 27.9. The van der Waals surface area contributed by atoms with Gasteiger partial charge in [-0.25, -0.2) is 18.7 Å². The summed E-state index contributed by atoms with van der Waals surface area (Å²) in [6, 6.07) is 3.81. The summed E-state index contributed by atoms with van der Waals surface area (Å²) in [4.78, 5) is 9.93. The van der Waals surface area contributed by atoms with Crippen molar-refractivity contribution in [3.63, 3.8) is 0 Å². The molecule has 156 valence electrons. The third-order valence-electron chi connectivity index (χ3n) is 6.01. The van der Waals surface area contributed by atoms with Gasteiger partial charge in [-0.2, -0.15) is 0 Å². The quantitative estimate of drug-likeness (QED) is 0.676.